The maximum absolute atomic E-state index is 15.4. The van der Waals surface area contributed by atoms with Crippen molar-refractivity contribution in [2.24, 2.45) is 0 Å². The number of anilines is 2. The zero-order valence-electron chi connectivity index (χ0n) is 23.5. The first-order chi connectivity index (χ1) is 21.0. The number of halogens is 4. The van der Waals surface area contributed by atoms with Gasteiger partial charge in [0.15, 0.2) is 0 Å². The first kappa shape index (κ1) is 28.0. The van der Waals surface area contributed by atoms with Crippen LogP contribution in [0.2, 0.25) is 0 Å². The third-order valence-corrected chi connectivity index (χ3v) is 8.48. The number of aromatic amines is 1. The van der Waals surface area contributed by atoms with Crippen LogP contribution < -0.4 is 10.6 Å². The number of aliphatic hydroxyl groups is 1. The second-order valence-corrected chi connectivity index (χ2v) is 11.5. The zero-order chi connectivity index (χ0) is 30.9. The van der Waals surface area contributed by atoms with Crippen LogP contribution in [0.3, 0.4) is 0 Å². The molecule has 2 aliphatic rings. The molecule has 0 radical (unpaired) electrons. The Hall–Kier alpha value is -4.77. The highest BCUT2D eigenvalue weighted by Gasteiger charge is 2.37. The lowest BCUT2D eigenvalue weighted by Crippen LogP contribution is -2.45. The molecule has 2 aromatic heterocycles. The average molecular weight is 602 g/mol. The molecule has 0 saturated heterocycles. The number of aromatic nitrogens is 3. The summed E-state index contributed by atoms with van der Waals surface area (Å²) < 4.78 is 54.7. The minimum Gasteiger partial charge on any atom is -0.392 e. The molecule has 0 bridgehead atoms. The highest BCUT2D eigenvalue weighted by molar-refractivity contribution is 6.10. The highest BCUT2D eigenvalue weighted by atomic mass is 19.4. The summed E-state index contributed by atoms with van der Waals surface area (Å²) in [4.78, 5) is 27.2. The Balaban J connectivity index is 1.32. The van der Waals surface area contributed by atoms with Crippen molar-refractivity contribution in [3.05, 3.63) is 94.3 Å². The van der Waals surface area contributed by atoms with Crippen molar-refractivity contribution in [2.75, 3.05) is 10.6 Å². The monoisotopic (exact) mass is 601 g/mol. The van der Waals surface area contributed by atoms with Crippen LogP contribution in [-0.2, 0) is 19.2 Å². The molecule has 7 nitrogen and oxygen atoms in total. The Morgan fingerprint density at radius 1 is 1.07 bits per heavy atom. The molecule has 5 aromatic rings. The molecule has 7 rings (SSSR count). The van der Waals surface area contributed by atoms with Crippen molar-refractivity contribution in [3.63, 3.8) is 0 Å². The largest absolute Gasteiger partial charge is 0.416 e. The van der Waals surface area contributed by atoms with Crippen molar-refractivity contribution in [1.29, 1.82) is 0 Å². The molecule has 4 N–H and O–H groups in total. The lowest BCUT2D eigenvalue weighted by atomic mass is 9.89. The van der Waals surface area contributed by atoms with Gasteiger partial charge in [-0.1, -0.05) is 30.3 Å². The molecule has 0 spiro atoms. The van der Waals surface area contributed by atoms with Crippen LogP contribution in [-0.4, -0.2) is 32.0 Å². The molecule has 3 heterocycles. The van der Waals surface area contributed by atoms with Crippen LogP contribution in [0.4, 0.5) is 29.2 Å². The van der Waals surface area contributed by atoms with Crippen molar-refractivity contribution in [2.45, 2.75) is 50.9 Å². The summed E-state index contributed by atoms with van der Waals surface area (Å²) >= 11 is 0. The molecular weight excluding hydrogens is 574 g/mol. The van der Waals surface area contributed by atoms with Gasteiger partial charge in [0.05, 0.1) is 29.1 Å². The number of nitrogens with one attached hydrogen (secondary N) is 1. The molecule has 3 aromatic carbocycles. The number of fused-ring (bicyclic) bond motifs is 2. The smallest absolute Gasteiger partial charge is 0.392 e. The van der Waals surface area contributed by atoms with E-state index in [2.05, 4.69) is 15.0 Å². The average Bonchev–Trinajstić information content (AvgIpc) is 3.75. The number of hydrogen-bond acceptors (Lipinski definition) is 5. The van der Waals surface area contributed by atoms with Crippen molar-refractivity contribution < 1.29 is 27.5 Å². The third kappa shape index (κ3) is 4.68. The highest BCUT2D eigenvalue weighted by Crippen LogP contribution is 2.43. The van der Waals surface area contributed by atoms with Crippen LogP contribution in [0, 0.1) is 5.82 Å². The normalized spacial score (nSPS) is 16.9. The topological polar surface area (TPSA) is 108 Å². The Morgan fingerprint density at radius 3 is 2.50 bits per heavy atom. The van der Waals surface area contributed by atoms with E-state index >= 15 is 4.39 Å². The maximum Gasteiger partial charge on any atom is 0.416 e. The second kappa shape index (κ2) is 10.2. The van der Waals surface area contributed by atoms with Gasteiger partial charge in [-0.25, -0.2) is 9.37 Å². The third-order valence-electron chi connectivity index (χ3n) is 8.48. The fraction of sp³-hybridized carbons (Fsp3) is 0.242. The minimum absolute atomic E-state index is 0.0438. The number of rotatable bonds is 5. The van der Waals surface area contributed by atoms with Gasteiger partial charge in [0, 0.05) is 28.2 Å². The number of nitrogens with two attached hydrogens (primary N) is 1. The lowest BCUT2D eigenvalue weighted by Gasteiger charge is -2.36. The van der Waals surface area contributed by atoms with E-state index < -0.39 is 30.1 Å². The molecule has 1 atom stereocenters. The van der Waals surface area contributed by atoms with Gasteiger partial charge in [-0.2, -0.15) is 18.2 Å². The Labute approximate surface area is 249 Å². The predicted molar refractivity (Wildman–Crippen MR) is 158 cm³/mol. The van der Waals surface area contributed by atoms with E-state index in [0.717, 1.165) is 30.5 Å². The van der Waals surface area contributed by atoms with Crippen molar-refractivity contribution >= 4 is 28.6 Å². The Bertz CT molecular complexity index is 1950. The second-order valence-electron chi connectivity index (χ2n) is 11.5. The summed E-state index contributed by atoms with van der Waals surface area (Å²) in [7, 11) is 0. The van der Waals surface area contributed by atoms with E-state index in [-0.39, 0.29) is 17.6 Å². The SMILES string of the molecule is CC1Cc2cc(C3CC3)cc(F)c2C(=O)N1c1cccc(-c2nc(N)nc3[nH]c(-c4ccc(C(F)(F)F)cc4)cc23)c1CO. The van der Waals surface area contributed by atoms with E-state index in [1.807, 2.05) is 13.0 Å². The fourth-order valence-corrected chi connectivity index (χ4v) is 6.23. The van der Waals surface area contributed by atoms with Crippen molar-refractivity contribution in [1.82, 2.24) is 15.0 Å². The van der Waals surface area contributed by atoms with Gasteiger partial charge in [-0.15, -0.1) is 0 Å². The lowest BCUT2D eigenvalue weighted by molar-refractivity contribution is -0.137. The number of alkyl halides is 3. The molecule has 44 heavy (non-hydrogen) atoms. The fourth-order valence-electron chi connectivity index (χ4n) is 6.23. The minimum atomic E-state index is -4.46. The van der Waals surface area contributed by atoms with Crippen LogP contribution in [0.15, 0.2) is 60.7 Å². The number of aliphatic hydroxyl groups excluding tert-OH is 1. The van der Waals surface area contributed by atoms with E-state index in [4.69, 9.17) is 5.73 Å². The number of carbonyl (C=O) groups is 1. The van der Waals surface area contributed by atoms with Crippen LogP contribution in [0.1, 0.15) is 58.3 Å². The summed E-state index contributed by atoms with van der Waals surface area (Å²) in [5.74, 6) is -0.737. The van der Waals surface area contributed by atoms with E-state index in [9.17, 15) is 23.1 Å². The molecule has 1 aliphatic carbocycles. The molecule has 1 saturated carbocycles. The first-order valence-corrected chi connectivity index (χ1v) is 14.3. The van der Waals surface area contributed by atoms with Gasteiger partial charge in [-0.05, 0) is 79.1 Å². The first-order valence-electron chi connectivity index (χ1n) is 14.3. The molecule has 1 amide bonds. The molecule has 11 heteroatoms. The number of nitrogens with zero attached hydrogens (tertiary/aromatic N) is 3. The predicted octanol–water partition coefficient (Wildman–Crippen LogP) is 6.99. The maximum atomic E-state index is 15.4. The van der Waals surface area contributed by atoms with Crippen molar-refractivity contribution in [3.8, 4) is 22.5 Å². The summed E-state index contributed by atoms with van der Waals surface area (Å²) in [6, 6.07) is 14.7. The van der Waals surface area contributed by atoms with Gasteiger partial charge in [0.2, 0.25) is 5.95 Å². The van der Waals surface area contributed by atoms with Gasteiger partial charge in [-0.3, -0.25) is 4.79 Å². The van der Waals surface area contributed by atoms with Gasteiger partial charge in [0.25, 0.3) is 5.91 Å². The summed E-state index contributed by atoms with van der Waals surface area (Å²) in [6.07, 6.45) is -1.96. The summed E-state index contributed by atoms with van der Waals surface area (Å²) in [5.41, 5.74) is 9.97. The summed E-state index contributed by atoms with van der Waals surface area (Å²) in [6.45, 7) is 1.43. The van der Waals surface area contributed by atoms with Gasteiger partial charge in [0.1, 0.15) is 11.5 Å². The summed E-state index contributed by atoms with van der Waals surface area (Å²) in [5, 5.41) is 11.2. The van der Waals surface area contributed by atoms with E-state index in [0.29, 0.717) is 62.7 Å². The van der Waals surface area contributed by atoms with Crippen LogP contribution in [0.25, 0.3) is 33.5 Å². The molecular formula is C33H27F4N5O2. The van der Waals surface area contributed by atoms with Gasteiger partial charge >= 0.3 is 6.18 Å². The molecule has 1 fully saturated rings. The Kier molecular flexibility index (Phi) is 6.47. The van der Waals surface area contributed by atoms with Crippen LogP contribution >= 0.6 is 0 Å². The number of carbonyl (C=O) groups excluding carboxylic acids is 1. The quantitative estimate of drug-likeness (QED) is 0.188. The molecule has 1 aliphatic heterocycles. The van der Waals surface area contributed by atoms with Crippen LogP contribution in [0.5, 0.6) is 0 Å². The number of nitrogen functional groups attached to an aromatic ring is 1. The number of H-pyrrole nitrogens is 1. The Morgan fingerprint density at radius 2 is 1.82 bits per heavy atom. The zero-order valence-corrected chi connectivity index (χ0v) is 23.5. The number of benzene rings is 3. The standard InChI is InChI=1S/C33H27F4N5O2/c1-16-11-20-12-19(17-5-6-17)13-25(34)28(20)31(44)42(16)27-4-2-3-22(24(27)15-43)29-23-14-26(39-30(23)41-32(38)40-29)18-7-9-21(10-8-18)33(35,36)37/h2-4,7-10,12-14,16-17,43H,5-6,11,15H2,1H3,(H3,38,39,40,41). The van der Waals surface area contributed by atoms with Gasteiger partial charge < -0.3 is 20.7 Å². The van der Waals surface area contributed by atoms with E-state index in [1.165, 1.54) is 23.1 Å². The number of amides is 1. The molecule has 1 unspecified atom stereocenters. The van der Waals surface area contributed by atoms with E-state index in [1.54, 1.807) is 24.3 Å². The molecule has 224 valence electrons. The number of hydrogen-bond donors (Lipinski definition) is 3.